The van der Waals surface area contributed by atoms with Crippen LogP contribution in [0, 0.1) is 0 Å². The molecular formula is C15H28N2O2. The number of ether oxygens (including phenoxy) is 2. The monoisotopic (exact) mass is 268 g/mol. The van der Waals surface area contributed by atoms with Gasteiger partial charge in [-0.05, 0) is 32.2 Å². The minimum atomic E-state index is -0.329. The first-order valence-electron chi connectivity index (χ1n) is 7.80. The molecule has 0 aromatic heterocycles. The van der Waals surface area contributed by atoms with Crippen LogP contribution in [0.2, 0.25) is 0 Å². The Bertz CT molecular complexity index is 298. The number of hydrogen-bond donors (Lipinski definition) is 1. The van der Waals surface area contributed by atoms with Gasteiger partial charge in [-0.3, -0.25) is 4.90 Å². The lowest BCUT2D eigenvalue weighted by atomic mass is 9.74. The Labute approximate surface area is 116 Å². The van der Waals surface area contributed by atoms with E-state index in [0.717, 1.165) is 19.1 Å². The second-order valence-electron chi connectivity index (χ2n) is 6.64. The summed E-state index contributed by atoms with van der Waals surface area (Å²) in [6.45, 7) is 3.04. The number of nitrogens with zero attached hydrogens (tertiary/aromatic N) is 1. The van der Waals surface area contributed by atoms with Crippen LogP contribution in [0.5, 0.6) is 0 Å². The molecule has 2 saturated heterocycles. The van der Waals surface area contributed by atoms with Crippen molar-refractivity contribution in [1.29, 1.82) is 0 Å². The predicted octanol–water partition coefficient (Wildman–Crippen LogP) is 1.75. The summed E-state index contributed by atoms with van der Waals surface area (Å²) in [6.07, 6.45) is 9.56. The maximum Gasteiger partial charge on any atom is 0.193 e. The van der Waals surface area contributed by atoms with Gasteiger partial charge in [-0.15, -0.1) is 0 Å². The Morgan fingerprint density at radius 2 is 1.74 bits per heavy atom. The quantitative estimate of drug-likeness (QED) is 0.791. The molecule has 1 unspecified atom stereocenters. The number of hydrogen-bond acceptors (Lipinski definition) is 4. The molecule has 4 heteroatoms. The molecule has 1 spiro atoms. The highest BCUT2D eigenvalue weighted by Gasteiger charge is 2.49. The first-order chi connectivity index (χ1) is 9.21. The summed E-state index contributed by atoms with van der Waals surface area (Å²) in [4.78, 5) is 2.56. The summed E-state index contributed by atoms with van der Waals surface area (Å²) < 4.78 is 11.0. The van der Waals surface area contributed by atoms with Crippen LogP contribution >= 0.6 is 0 Å². The van der Waals surface area contributed by atoms with Gasteiger partial charge in [0.2, 0.25) is 0 Å². The molecule has 1 N–H and O–H groups in total. The molecule has 2 heterocycles. The van der Waals surface area contributed by atoms with Crippen molar-refractivity contribution in [3.8, 4) is 0 Å². The van der Waals surface area contributed by atoms with Crippen LogP contribution in [-0.4, -0.2) is 56.1 Å². The summed E-state index contributed by atoms with van der Waals surface area (Å²) >= 11 is 0. The molecule has 110 valence electrons. The van der Waals surface area contributed by atoms with E-state index in [1.165, 1.54) is 51.5 Å². The minimum absolute atomic E-state index is 0.329. The third kappa shape index (κ3) is 2.56. The summed E-state index contributed by atoms with van der Waals surface area (Å²) in [5.74, 6) is -0.329. The fourth-order valence-electron chi connectivity index (χ4n) is 4.22. The molecule has 3 aliphatic rings. The van der Waals surface area contributed by atoms with Gasteiger partial charge >= 0.3 is 0 Å². The van der Waals surface area contributed by atoms with Crippen molar-refractivity contribution < 1.29 is 9.47 Å². The summed E-state index contributed by atoms with van der Waals surface area (Å²) in [5, 5.41) is 3.83. The number of nitrogens with one attached hydrogen (secondary N) is 1. The van der Waals surface area contributed by atoms with E-state index >= 15 is 0 Å². The van der Waals surface area contributed by atoms with Crippen molar-refractivity contribution in [2.24, 2.45) is 0 Å². The molecule has 0 aromatic rings. The smallest absolute Gasteiger partial charge is 0.193 e. The largest absolute Gasteiger partial charge is 0.351 e. The molecule has 4 nitrogen and oxygen atoms in total. The van der Waals surface area contributed by atoms with Gasteiger partial charge in [0, 0.05) is 25.8 Å². The lowest BCUT2D eigenvalue weighted by Crippen LogP contribution is -2.69. The highest BCUT2D eigenvalue weighted by atomic mass is 16.7. The van der Waals surface area contributed by atoms with Crippen LogP contribution in [0.15, 0.2) is 0 Å². The first kappa shape index (κ1) is 13.8. The number of methoxy groups -OCH3 is 2. The zero-order valence-corrected chi connectivity index (χ0v) is 12.4. The van der Waals surface area contributed by atoms with E-state index in [4.69, 9.17) is 9.47 Å². The fraction of sp³-hybridized carbons (Fsp3) is 1.00. The second kappa shape index (κ2) is 5.32. The number of rotatable bonds is 3. The normalized spacial score (nSPS) is 34.1. The van der Waals surface area contributed by atoms with Gasteiger partial charge in [0.05, 0.1) is 13.1 Å². The molecule has 2 aliphatic heterocycles. The summed E-state index contributed by atoms with van der Waals surface area (Å²) in [7, 11) is 3.51. The van der Waals surface area contributed by atoms with Crippen molar-refractivity contribution in [3.05, 3.63) is 0 Å². The van der Waals surface area contributed by atoms with Gasteiger partial charge in [0.1, 0.15) is 0 Å². The molecule has 1 saturated carbocycles. The van der Waals surface area contributed by atoms with Crippen LogP contribution in [0.4, 0.5) is 0 Å². The van der Waals surface area contributed by atoms with Gasteiger partial charge in [-0.2, -0.15) is 0 Å². The predicted molar refractivity (Wildman–Crippen MR) is 75.2 cm³/mol. The van der Waals surface area contributed by atoms with E-state index in [0.29, 0.717) is 5.54 Å². The van der Waals surface area contributed by atoms with Crippen LogP contribution < -0.4 is 5.32 Å². The second-order valence-corrected chi connectivity index (χ2v) is 6.64. The lowest BCUT2D eigenvalue weighted by Gasteiger charge is -2.55. The van der Waals surface area contributed by atoms with Crippen LogP contribution in [0.1, 0.15) is 44.9 Å². The van der Waals surface area contributed by atoms with E-state index in [2.05, 4.69) is 10.2 Å². The molecular weight excluding hydrogens is 240 g/mol. The van der Waals surface area contributed by atoms with Gasteiger partial charge < -0.3 is 14.8 Å². The Balaban J connectivity index is 1.58. The molecule has 1 atom stereocenters. The van der Waals surface area contributed by atoms with Crippen LogP contribution in [0.25, 0.3) is 0 Å². The molecule has 0 radical (unpaired) electrons. The minimum Gasteiger partial charge on any atom is -0.351 e. The third-order valence-corrected chi connectivity index (χ3v) is 5.56. The Morgan fingerprint density at radius 3 is 2.37 bits per heavy atom. The topological polar surface area (TPSA) is 33.7 Å². The zero-order valence-electron chi connectivity index (χ0n) is 12.4. The summed E-state index contributed by atoms with van der Waals surface area (Å²) in [6, 6.07) is 0.720. The fourth-order valence-corrected chi connectivity index (χ4v) is 4.22. The van der Waals surface area contributed by atoms with Crippen LogP contribution in [0.3, 0.4) is 0 Å². The maximum absolute atomic E-state index is 5.50. The lowest BCUT2D eigenvalue weighted by molar-refractivity contribution is -0.284. The van der Waals surface area contributed by atoms with Crippen LogP contribution in [-0.2, 0) is 9.47 Å². The van der Waals surface area contributed by atoms with E-state index < -0.39 is 0 Å². The van der Waals surface area contributed by atoms with Crippen molar-refractivity contribution in [2.75, 3.05) is 33.9 Å². The first-order valence-corrected chi connectivity index (χ1v) is 7.80. The van der Waals surface area contributed by atoms with Gasteiger partial charge in [-0.1, -0.05) is 19.3 Å². The van der Waals surface area contributed by atoms with Gasteiger partial charge in [-0.25, -0.2) is 0 Å². The van der Waals surface area contributed by atoms with Gasteiger partial charge in [0.25, 0.3) is 0 Å². The highest BCUT2D eigenvalue weighted by molar-refractivity contribution is 5.02. The highest BCUT2D eigenvalue weighted by Crippen LogP contribution is 2.38. The molecule has 1 aliphatic carbocycles. The molecule has 19 heavy (non-hydrogen) atoms. The standard InChI is InChI=1S/C15H28N2O2/c1-18-15(19-2)11-17(12-15)13-6-9-16-14(10-13)7-4-3-5-8-14/h13,16H,3-12H2,1-2H3. The van der Waals surface area contributed by atoms with E-state index in [1.807, 2.05) is 0 Å². The zero-order chi connectivity index (χ0) is 13.3. The maximum atomic E-state index is 5.50. The van der Waals surface area contributed by atoms with E-state index in [9.17, 15) is 0 Å². The SMILES string of the molecule is COC1(OC)CN(C2CCNC3(CCCCC3)C2)C1. The molecule has 0 bridgehead atoms. The van der Waals surface area contributed by atoms with Crippen molar-refractivity contribution in [2.45, 2.75) is 62.3 Å². The molecule has 3 rings (SSSR count). The third-order valence-electron chi connectivity index (χ3n) is 5.56. The average Bonchev–Trinajstić information content (AvgIpc) is 2.40. The van der Waals surface area contributed by atoms with Gasteiger partial charge in [0.15, 0.2) is 5.79 Å². The van der Waals surface area contributed by atoms with Crippen molar-refractivity contribution >= 4 is 0 Å². The van der Waals surface area contributed by atoms with E-state index in [1.54, 1.807) is 14.2 Å². The molecule has 0 aromatic carbocycles. The number of piperidine rings is 1. The van der Waals surface area contributed by atoms with E-state index in [-0.39, 0.29) is 5.79 Å². The van der Waals surface area contributed by atoms with Crippen molar-refractivity contribution in [1.82, 2.24) is 10.2 Å². The van der Waals surface area contributed by atoms with Crippen molar-refractivity contribution in [3.63, 3.8) is 0 Å². The molecule has 0 amide bonds. The Kier molecular flexibility index (Phi) is 3.87. The number of likely N-dealkylation sites (tertiary alicyclic amines) is 1. The molecule has 3 fully saturated rings. The summed E-state index contributed by atoms with van der Waals surface area (Å²) in [5.41, 5.74) is 0.444. The Morgan fingerprint density at radius 1 is 1.05 bits per heavy atom. The Hall–Kier alpha value is -0.160. The average molecular weight is 268 g/mol.